The molecule has 1 nitrogen and oxygen atoms in total. The summed E-state index contributed by atoms with van der Waals surface area (Å²) in [6, 6.07) is 0. The van der Waals surface area contributed by atoms with Gasteiger partial charge in [0.25, 0.3) is 0 Å². The van der Waals surface area contributed by atoms with Gasteiger partial charge in [-0.15, -0.1) is 6.42 Å². The Labute approximate surface area is 63.4 Å². The number of nitrogens with zero attached hydrogens (tertiary/aromatic N) is 1. The quantitative estimate of drug-likeness (QED) is 0.493. The van der Waals surface area contributed by atoms with E-state index in [1.165, 1.54) is 6.54 Å². The highest BCUT2D eigenvalue weighted by molar-refractivity contribution is 5.07. The maximum absolute atomic E-state index is 5.41. The largest absolute Gasteiger partial charge is 0.302 e. The predicted molar refractivity (Wildman–Crippen MR) is 43.7 cm³/mol. The average Bonchev–Trinajstić information content (AvgIpc) is 2.33. The molecule has 1 heteroatoms. The summed E-state index contributed by atoms with van der Waals surface area (Å²) in [5.74, 6) is 2.86. The standard InChI is InChI=1S/C9H15N/c1-4-9(3)6-7-10(5-2)8-9/h1H,5-8H2,2-3H3. The van der Waals surface area contributed by atoms with Crippen molar-refractivity contribution in [3.8, 4) is 12.3 Å². The highest BCUT2D eigenvalue weighted by atomic mass is 15.1. The number of likely N-dealkylation sites (tertiary alicyclic amines) is 1. The number of hydrogen-bond donors (Lipinski definition) is 0. The molecular weight excluding hydrogens is 122 g/mol. The molecule has 1 atom stereocenters. The van der Waals surface area contributed by atoms with E-state index >= 15 is 0 Å². The third kappa shape index (κ3) is 1.33. The van der Waals surface area contributed by atoms with Crippen LogP contribution in [0.2, 0.25) is 0 Å². The van der Waals surface area contributed by atoms with E-state index in [1.807, 2.05) is 0 Å². The van der Waals surface area contributed by atoms with Gasteiger partial charge in [-0.25, -0.2) is 0 Å². The fraction of sp³-hybridized carbons (Fsp3) is 0.778. The van der Waals surface area contributed by atoms with Crippen molar-refractivity contribution in [2.24, 2.45) is 5.41 Å². The second-order valence-electron chi connectivity index (χ2n) is 3.32. The minimum atomic E-state index is 0.163. The summed E-state index contributed by atoms with van der Waals surface area (Å²) in [7, 11) is 0. The van der Waals surface area contributed by atoms with Crippen molar-refractivity contribution >= 4 is 0 Å². The smallest absolute Gasteiger partial charge is 0.0422 e. The highest BCUT2D eigenvalue weighted by Crippen LogP contribution is 2.27. The molecule has 0 aromatic rings. The Kier molecular flexibility index (Phi) is 2.01. The van der Waals surface area contributed by atoms with E-state index in [0.29, 0.717) is 0 Å². The molecule has 56 valence electrons. The molecule has 1 heterocycles. The summed E-state index contributed by atoms with van der Waals surface area (Å²) in [6.45, 7) is 7.75. The van der Waals surface area contributed by atoms with Gasteiger partial charge in [0.2, 0.25) is 0 Å². The second-order valence-corrected chi connectivity index (χ2v) is 3.32. The molecule has 0 saturated carbocycles. The van der Waals surface area contributed by atoms with Crippen molar-refractivity contribution in [3.63, 3.8) is 0 Å². The van der Waals surface area contributed by atoms with Crippen LogP contribution in [0.3, 0.4) is 0 Å². The Morgan fingerprint density at radius 3 is 2.70 bits per heavy atom. The maximum Gasteiger partial charge on any atom is 0.0422 e. The summed E-state index contributed by atoms with van der Waals surface area (Å²) < 4.78 is 0. The Balaban J connectivity index is 2.51. The van der Waals surface area contributed by atoms with E-state index in [9.17, 15) is 0 Å². The van der Waals surface area contributed by atoms with Crippen LogP contribution in [0.25, 0.3) is 0 Å². The second kappa shape index (κ2) is 2.64. The van der Waals surface area contributed by atoms with Gasteiger partial charge in [0.1, 0.15) is 0 Å². The molecule has 0 aromatic carbocycles. The first-order valence-electron chi connectivity index (χ1n) is 3.90. The Hall–Kier alpha value is -0.480. The van der Waals surface area contributed by atoms with Crippen LogP contribution in [0, 0.1) is 17.8 Å². The molecule has 0 radical (unpaired) electrons. The van der Waals surface area contributed by atoms with Crippen LogP contribution < -0.4 is 0 Å². The normalized spacial score (nSPS) is 34.1. The highest BCUT2D eigenvalue weighted by Gasteiger charge is 2.30. The van der Waals surface area contributed by atoms with Crippen LogP contribution in [0.5, 0.6) is 0 Å². The SMILES string of the molecule is C#CC1(C)CCN(CC)C1. The first-order chi connectivity index (χ1) is 4.70. The third-order valence-electron chi connectivity index (χ3n) is 2.35. The van der Waals surface area contributed by atoms with Gasteiger partial charge in [0, 0.05) is 12.0 Å². The van der Waals surface area contributed by atoms with Gasteiger partial charge in [-0.05, 0) is 26.4 Å². The lowest BCUT2D eigenvalue weighted by molar-refractivity contribution is 0.327. The molecule has 0 aromatic heterocycles. The van der Waals surface area contributed by atoms with E-state index in [-0.39, 0.29) is 5.41 Å². The molecular formula is C9H15N. The fourth-order valence-corrected chi connectivity index (χ4v) is 1.44. The minimum absolute atomic E-state index is 0.163. The lowest BCUT2D eigenvalue weighted by Crippen LogP contribution is -2.23. The number of terminal acetylenes is 1. The van der Waals surface area contributed by atoms with Crippen molar-refractivity contribution in [1.29, 1.82) is 0 Å². The fourth-order valence-electron chi connectivity index (χ4n) is 1.44. The monoisotopic (exact) mass is 137 g/mol. The van der Waals surface area contributed by atoms with Crippen molar-refractivity contribution in [1.82, 2.24) is 4.90 Å². The Morgan fingerprint density at radius 2 is 2.40 bits per heavy atom. The molecule has 1 saturated heterocycles. The molecule has 0 N–H and O–H groups in total. The van der Waals surface area contributed by atoms with Gasteiger partial charge in [0.05, 0.1) is 0 Å². The summed E-state index contributed by atoms with van der Waals surface area (Å²) >= 11 is 0. The van der Waals surface area contributed by atoms with E-state index in [4.69, 9.17) is 6.42 Å². The van der Waals surface area contributed by atoms with Crippen molar-refractivity contribution < 1.29 is 0 Å². The van der Waals surface area contributed by atoms with Crippen molar-refractivity contribution in [2.75, 3.05) is 19.6 Å². The summed E-state index contributed by atoms with van der Waals surface area (Å²) in [4.78, 5) is 2.40. The van der Waals surface area contributed by atoms with Crippen molar-refractivity contribution in [3.05, 3.63) is 0 Å². The maximum atomic E-state index is 5.41. The molecule has 10 heavy (non-hydrogen) atoms. The molecule has 0 aliphatic carbocycles. The van der Waals surface area contributed by atoms with Crippen molar-refractivity contribution in [2.45, 2.75) is 20.3 Å². The number of hydrogen-bond acceptors (Lipinski definition) is 1. The molecule has 1 rings (SSSR count). The lowest BCUT2D eigenvalue weighted by Gasteiger charge is -2.16. The molecule has 1 aliphatic heterocycles. The van der Waals surface area contributed by atoms with Crippen LogP contribution in [-0.4, -0.2) is 24.5 Å². The van der Waals surface area contributed by atoms with Gasteiger partial charge in [0.15, 0.2) is 0 Å². The van der Waals surface area contributed by atoms with Crippen LogP contribution in [0.1, 0.15) is 20.3 Å². The van der Waals surface area contributed by atoms with Gasteiger partial charge >= 0.3 is 0 Å². The number of rotatable bonds is 1. The van der Waals surface area contributed by atoms with Gasteiger partial charge in [-0.1, -0.05) is 12.8 Å². The zero-order valence-corrected chi connectivity index (χ0v) is 6.85. The van der Waals surface area contributed by atoms with Gasteiger partial charge in [-0.3, -0.25) is 0 Å². The molecule has 1 fully saturated rings. The molecule has 0 amide bonds. The van der Waals surface area contributed by atoms with E-state index in [0.717, 1.165) is 19.5 Å². The predicted octanol–water partition coefficient (Wildman–Crippen LogP) is 1.35. The first-order valence-corrected chi connectivity index (χ1v) is 3.90. The van der Waals surface area contributed by atoms with Crippen LogP contribution in [-0.2, 0) is 0 Å². The zero-order chi connectivity index (χ0) is 7.61. The summed E-state index contributed by atoms with van der Waals surface area (Å²) in [6.07, 6.45) is 6.57. The van der Waals surface area contributed by atoms with Crippen LogP contribution in [0.4, 0.5) is 0 Å². The minimum Gasteiger partial charge on any atom is -0.302 e. The topological polar surface area (TPSA) is 3.24 Å². The average molecular weight is 137 g/mol. The van der Waals surface area contributed by atoms with E-state index in [1.54, 1.807) is 0 Å². The molecule has 1 unspecified atom stereocenters. The van der Waals surface area contributed by atoms with E-state index in [2.05, 4.69) is 24.7 Å². The molecule has 0 bridgehead atoms. The third-order valence-corrected chi connectivity index (χ3v) is 2.35. The summed E-state index contributed by atoms with van der Waals surface area (Å²) in [5.41, 5.74) is 0.163. The zero-order valence-electron chi connectivity index (χ0n) is 6.85. The van der Waals surface area contributed by atoms with Crippen LogP contribution >= 0.6 is 0 Å². The van der Waals surface area contributed by atoms with Gasteiger partial charge in [-0.2, -0.15) is 0 Å². The lowest BCUT2D eigenvalue weighted by atomic mass is 9.91. The van der Waals surface area contributed by atoms with Crippen LogP contribution in [0.15, 0.2) is 0 Å². The van der Waals surface area contributed by atoms with E-state index < -0.39 is 0 Å². The molecule has 1 aliphatic rings. The summed E-state index contributed by atoms with van der Waals surface area (Å²) in [5, 5.41) is 0. The van der Waals surface area contributed by atoms with Gasteiger partial charge < -0.3 is 4.90 Å². The first kappa shape index (κ1) is 7.63. The Morgan fingerprint density at radius 1 is 1.70 bits per heavy atom. The molecule has 0 spiro atoms. The Bertz CT molecular complexity index is 157.